The first-order valence-corrected chi connectivity index (χ1v) is 15.8. The van der Waals surface area contributed by atoms with Crippen molar-refractivity contribution in [3.8, 4) is 0 Å². The molecular formula is C24H35OSi2. The van der Waals surface area contributed by atoms with Gasteiger partial charge in [0.15, 0.2) is 0 Å². The van der Waals surface area contributed by atoms with Gasteiger partial charge in [0.1, 0.15) is 7.59 Å². The van der Waals surface area contributed by atoms with Crippen LogP contribution in [0.4, 0.5) is 0 Å². The zero-order chi connectivity index (χ0) is 19.5. The molecule has 1 nitrogen and oxygen atoms in total. The molecule has 0 amide bonds. The van der Waals surface area contributed by atoms with E-state index >= 15 is 0 Å². The molecule has 0 heterocycles. The van der Waals surface area contributed by atoms with E-state index in [2.05, 4.69) is 99.8 Å². The van der Waals surface area contributed by atoms with Gasteiger partial charge < -0.3 is 4.43 Å². The molecule has 0 saturated heterocycles. The van der Waals surface area contributed by atoms with Gasteiger partial charge in [0.25, 0.3) is 0 Å². The molecule has 1 atom stereocenters. The quantitative estimate of drug-likeness (QED) is 0.277. The van der Waals surface area contributed by atoms with Gasteiger partial charge in [-0.3, -0.25) is 0 Å². The number of unbranched alkanes of at least 4 members (excludes halogenated alkanes) is 4. The van der Waals surface area contributed by atoms with Crippen LogP contribution in [0.25, 0.3) is 0 Å². The van der Waals surface area contributed by atoms with Gasteiger partial charge in [0.05, 0.1) is 6.10 Å². The van der Waals surface area contributed by atoms with Crippen LogP contribution >= 0.6 is 0 Å². The van der Waals surface area contributed by atoms with E-state index in [0.717, 1.165) is 0 Å². The molecule has 3 heteroatoms. The van der Waals surface area contributed by atoms with Crippen molar-refractivity contribution < 1.29 is 4.43 Å². The second-order valence-corrected chi connectivity index (χ2v) is 18.2. The van der Waals surface area contributed by atoms with Crippen molar-refractivity contribution in [3.63, 3.8) is 0 Å². The van der Waals surface area contributed by atoms with Crippen molar-refractivity contribution in [3.05, 3.63) is 72.8 Å². The van der Waals surface area contributed by atoms with E-state index in [4.69, 9.17) is 4.43 Å². The minimum absolute atomic E-state index is 0.167. The molecule has 2 aromatic rings. The average Bonchev–Trinajstić information content (AvgIpc) is 2.70. The Morgan fingerprint density at radius 3 is 2.19 bits per heavy atom. The Hall–Kier alpha value is -1.43. The van der Waals surface area contributed by atoms with E-state index in [1.165, 1.54) is 42.5 Å². The summed E-state index contributed by atoms with van der Waals surface area (Å²) in [4.78, 5) is 0. The Labute approximate surface area is 169 Å². The van der Waals surface area contributed by atoms with Crippen molar-refractivity contribution in [1.82, 2.24) is 0 Å². The predicted octanol–water partition coefficient (Wildman–Crippen LogP) is 5.51. The van der Waals surface area contributed by atoms with Gasteiger partial charge in [0.2, 0.25) is 8.56 Å². The maximum Gasteiger partial charge on any atom is 0.236 e. The smallest absolute Gasteiger partial charge is 0.236 e. The first-order chi connectivity index (χ1) is 13.1. The van der Waals surface area contributed by atoms with Crippen LogP contribution in [-0.4, -0.2) is 22.3 Å². The molecule has 0 spiro atoms. The Bertz CT molecular complexity index is 667. The van der Waals surface area contributed by atoms with E-state index in [1.54, 1.807) is 0 Å². The minimum Gasteiger partial charge on any atom is -0.408 e. The van der Waals surface area contributed by atoms with Crippen LogP contribution in [0.5, 0.6) is 0 Å². The largest absolute Gasteiger partial charge is 0.408 e. The van der Waals surface area contributed by atoms with Gasteiger partial charge in [0, 0.05) is 0 Å². The molecule has 0 aliphatic carbocycles. The third kappa shape index (κ3) is 6.91. The lowest BCUT2D eigenvalue weighted by Gasteiger charge is -2.32. The molecule has 2 aromatic carbocycles. The molecule has 1 radical (unpaired) electrons. The normalized spacial score (nSPS) is 13.4. The molecule has 0 bridgehead atoms. The van der Waals surface area contributed by atoms with Gasteiger partial charge in [-0.05, 0) is 25.0 Å². The van der Waals surface area contributed by atoms with E-state index in [9.17, 15) is 0 Å². The van der Waals surface area contributed by atoms with Crippen molar-refractivity contribution in [2.45, 2.75) is 65.1 Å². The lowest BCUT2D eigenvalue weighted by molar-refractivity contribution is 0.284. The van der Waals surface area contributed by atoms with Crippen LogP contribution in [0, 0.1) is 0 Å². The van der Waals surface area contributed by atoms with Gasteiger partial charge in [-0.25, -0.2) is 0 Å². The van der Waals surface area contributed by atoms with E-state index in [0.29, 0.717) is 0 Å². The summed E-state index contributed by atoms with van der Waals surface area (Å²) in [6.45, 7) is 9.39. The minimum atomic E-state index is -1.73. The second kappa shape index (κ2) is 11.4. The second-order valence-electron chi connectivity index (χ2n) is 7.79. The molecule has 0 aliphatic rings. The van der Waals surface area contributed by atoms with Crippen molar-refractivity contribution >= 4 is 26.5 Å². The first kappa shape index (κ1) is 21.9. The summed E-state index contributed by atoms with van der Waals surface area (Å²) in [5, 5.41) is 2.88. The van der Waals surface area contributed by atoms with E-state index in [-0.39, 0.29) is 6.10 Å². The summed E-state index contributed by atoms with van der Waals surface area (Å²) in [5.74, 6) is 0. The molecule has 27 heavy (non-hydrogen) atoms. The van der Waals surface area contributed by atoms with Gasteiger partial charge in [-0.15, -0.1) is 0 Å². The number of hydrogen-bond acceptors (Lipinski definition) is 1. The number of hydrogen-bond donors (Lipinski definition) is 0. The Balaban J connectivity index is 2.11. The van der Waals surface area contributed by atoms with Crippen molar-refractivity contribution in [1.29, 1.82) is 0 Å². The first-order valence-electron chi connectivity index (χ1n) is 10.4. The lowest BCUT2D eigenvalue weighted by Crippen LogP contribution is -2.63. The topological polar surface area (TPSA) is 9.23 Å². The zero-order valence-electron chi connectivity index (χ0n) is 17.4. The fourth-order valence-electron chi connectivity index (χ4n) is 3.35. The molecule has 145 valence electrons. The Morgan fingerprint density at radius 1 is 0.926 bits per heavy atom. The summed E-state index contributed by atoms with van der Waals surface area (Å²) < 4.78 is 6.76. The van der Waals surface area contributed by atoms with Crippen molar-refractivity contribution in [2.24, 2.45) is 0 Å². The van der Waals surface area contributed by atoms with Crippen LogP contribution in [0.1, 0.15) is 46.0 Å². The highest BCUT2D eigenvalue weighted by atomic mass is 29.2. The fraction of sp³-hybridized carbons (Fsp3) is 0.417. The predicted molar refractivity (Wildman–Crippen MR) is 124 cm³/mol. The third-order valence-corrected chi connectivity index (χ3v) is 14.9. The molecule has 0 saturated carbocycles. The van der Waals surface area contributed by atoms with Crippen LogP contribution < -0.4 is 10.4 Å². The summed E-state index contributed by atoms with van der Waals surface area (Å²) in [7, 11) is -2.84. The maximum absolute atomic E-state index is 6.76. The number of rotatable bonds is 11. The van der Waals surface area contributed by atoms with Crippen LogP contribution in [-0.2, 0) is 4.43 Å². The highest BCUT2D eigenvalue weighted by Crippen LogP contribution is 2.13. The van der Waals surface area contributed by atoms with Gasteiger partial charge in [-0.2, -0.15) is 0 Å². The highest BCUT2D eigenvalue weighted by Gasteiger charge is 2.39. The van der Waals surface area contributed by atoms with Gasteiger partial charge >= 0.3 is 0 Å². The maximum atomic E-state index is 6.76. The molecule has 0 aromatic heterocycles. The summed E-state index contributed by atoms with van der Waals surface area (Å²) in [6, 6.07) is 21.9. The Kier molecular flexibility index (Phi) is 9.25. The van der Waals surface area contributed by atoms with Crippen molar-refractivity contribution in [2.75, 3.05) is 0 Å². The monoisotopic (exact) mass is 395 g/mol. The summed E-state index contributed by atoms with van der Waals surface area (Å²) in [6.07, 6.45) is 11.2. The average molecular weight is 396 g/mol. The summed E-state index contributed by atoms with van der Waals surface area (Å²) in [5.41, 5.74) is 0. The Morgan fingerprint density at radius 2 is 1.56 bits per heavy atom. The van der Waals surface area contributed by atoms with E-state index < -0.39 is 16.1 Å². The fourth-order valence-corrected chi connectivity index (χ4v) is 12.1. The lowest BCUT2D eigenvalue weighted by atomic mass is 10.1. The summed E-state index contributed by atoms with van der Waals surface area (Å²) >= 11 is 0. The molecule has 2 rings (SSSR count). The molecular weight excluding hydrogens is 360 g/mol. The molecule has 0 unspecified atom stereocenters. The SMILES string of the molecule is CCCCCC/C=C\[C@@H](C)O[Si](c1ccccc1)[Si](C)(C)c1ccccc1. The zero-order valence-corrected chi connectivity index (χ0v) is 19.4. The number of benzene rings is 2. The third-order valence-electron chi connectivity index (χ3n) is 5.03. The molecule has 0 fully saturated rings. The standard InChI is InChI=1S/C24H35OSi2/c1-5-6-7-8-9-12-17-22(2)25-26(23-18-13-10-14-19-23)27(3,4)24-20-15-11-16-21-24/h10-22H,5-9H2,1-4H3/b17-12-/t22-/m1/s1. The number of allylic oxidation sites excluding steroid dienone is 1. The van der Waals surface area contributed by atoms with Crippen LogP contribution in [0.15, 0.2) is 72.8 Å². The van der Waals surface area contributed by atoms with E-state index in [1.807, 2.05) is 0 Å². The van der Waals surface area contributed by atoms with Crippen LogP contribution in [0.3, 0.4) is 0 Å². The highest BCUT2D eigenvalue weighted by molar-refractivity contribution is 7.39. The molecule has 0 aliphatic heterocycles. The van der Waals surface area contributed by atoms with Crippen LogP contribution in [0.2, 0.25) is 13.1 Å². The van der Waals surface area contributed by atoms with Gasteiger partial charge in [-0.1, -0.05) is 117 Å². The molecule has 0 N–H and O–H groups in total.